The molecule has 0 saturated heterocycles. The van der Waals surface area contributed by atoms with E-state index in [0.29, 0.717) is 5.02 Å². The second-order valence-corrected chi connectivity index (χ2v) is 5.48. The summed E-state index contributed by atoms with van der Waals surface area (Å²) in [6.45, 7) is 4.10. The molecule has 1 heterocycles. The van der Waals surface area contributed by atoms with Gasteiger partial charge in [0, 0.05) is 16.1 Å². The average Bonchev–Trinajstić information content (AvgIpc) is 2.81. The summed E-state index contributed by atoms with van der Waals surface area (Å²) in [4.78, 5) is 0. The maximum atomic E-state index is 6.29. The fourth-order valence-electron chi connectivity index (χ4n) is 2.49. The minimum absolute atomic E-state index is 0.276. The van der Waals surface area contributed by atoms with Crippen molar-refractivity contribution in [2.75, 3.05) is 5.73 Å². The van der Waals surface area contributed by atoms with Gasteiger partial charge in [-0.2, -0.15) is 0 Å². The van der Waals surface area contributed by atoms with Gasteiger partial charge in [0.15, 0.2) is 0 Å². The zero-order valence-electron chi connectivity index (χ0n) is 11.9. The van der Waals surface area contributed by atoms with Crippen molar-refractivity contribution in [2.45, 2.75) is 13.8 Å². The Morgan fingerprint density at radius 1 is 1.05 bits per heavy atom. The van der Waals surface area contributed by atoms with Crippen molar-refractivity contribution in [3.63, 3.8) is 0 Å². The SMILES string of the molecule is Cc1ccc(-c2noc(N)c2-c2ccccc2Cl)c(C)c1. The standard InChI is InChI=1S/C17H15ClN2O/c1-10-7-8-12(11(2)9-10)16-15(17(19)21-20-16)13-5-3-4-6-14(13)18/h3-9H,19H2,1-2H3. The third-order valence-corrected chi connectivity index (χ3v) is 3.83. The van der Waals surface area contributed by atoms with E-state index in [4.69, 9.17) is 21.9 Å². The molecule has 0 unspecified atom stereocenters. The third kappa shape index (κ3) is 2.41. The summed E-state index contributed by atoms with van der Waals surface area (Å²) in [7, 11) is 0. The lowest BCUT2D eigenvalue weighted by atomic mass is 9.97. The van der Waals surface area contributed by atoms with Crippen LogP contribution in [0.15, 0.2) is 47.0 Å². The molecule has 2 aromatic carbocycles. The van der Waals surface area contributed by atoms with Gasteiger partial charge in [-0.1, -0.05) is 58.7 Å². The molecule has 0 bridgehead atoms. The Balaban J connectivity index is 2.25. The Morgan fingerprint density at radius 3 is 2.52 bits per heavy atom. The largest absolute Gasteiger partial charge is 0.367 e. The summed E-state index contributed by atoms with van der Waals surface area (Å²) >= 11 is 6.29. The molecule has 3 nitrogen and oxygen atoms in total. The van der Waals surface area contributed by atoms with Crippen LogP contribution in [0.5, 0.6) is 0 Å². The van der Waals surface area contributed by atoms with Crippen LogP contribution < -0.4 is 5.73 Å². The summed E-state index contributed by atoms with van der Waals surface area (Å²) in [6.07, 6.45) is 0. The Hall–Kier alpha value is -2.26. The monoisotopic (exact) mass is 298 g/mol. The number of anilines is 1. The molecule has 4 heteroatoms. The fourth-order valence-corrected chi connectivity index (χ4v) is 2.72. The van der Waals surface area contributed by atoms with Crippen LogP contribution in [-0.4, -0.2) is 5.16 Å². The molecular weight excluding hydrogens is 284 g/mol. The predicted octanol–water partition coefficient (Wildman–Crippen LogP) is 4.86. The van der Waals surface area contributed by atoms with Crippen molar-refractivity contribution < 1.29 is 4.52 Å². The highest BCUT2D eigenvalue weighted by Crippen LogP contribution is 2.40. The van der Waals surface area contributed by atoms with Crippen LogP contribution in [0, 0.1) is 13.8 Å². The van der Waals surface area contributed by atoms with Gasteiger partial charge in [0.1, 0.15) is 5.69 Å². The first-order valence-corrected chi connectivity index (χ1v) is 7.03. The van der Waals surface area contributed by atoms with Crippen LogP contribution in [0.3, 0.4) is 0 Å². The van der Waals surface area contributed by atoms with Crippen LogP contribution in [0.4, 0.5) is 5.88 Å². The quantitative estimate of drug-likeness (QED) is 0.735. The summed E-state index contributed by atoms with van der Waals surface area (Å²) in [5.74, 6) is 0.276. The first-order chi connectivity index (χ1) is 10.1. The van der Waals surface area contributed by atoms with Gasteiger partial charge in [0.25, 0.3) is 0 Å². The second-order valence-electron chi connectivity index (χ2n) is 5.07. The Kier molecular flexibility index (Phi) is 3.43. The van der Waals surface area contributed by atoms with Crippen molar-refractivity contribution in [3.8, 4) is 22.4 Å². The van der Waals surface area contributed by atoms with Crippen molar-refractivity contribution in [1.82, 2.24) is 5.16 Å². The van der Waals surface area contributed by atoms with E-state index in [-0.39, 0.29) is 5.88 Å². The van der Waals surface area contributed by atoms with Crippen LogP contribution in [0.1, 0.15) is 11.1 Å². The Bertz CT molecular complexity index is 808. The molecule has 0 aliphatic carbocycles. The molecule has 3 rings (SSSR count). The van der Waals surface area contributed by atoms with Crippen molar-refractivity contribution in [3.05, 3.63) is 58.6 Å². The Labute approximate surface area is 128 Å². The molecule has 0 spiro atoms. The zero-order chi connectivity index (χ0) is 15.0. The smallest absolute Gasteiger partial charge is 0.230 e. The highest BCUT2D eigenvalue weighted by Gasteiger charge is 2.20. The minimum atomic E-state index is 0.276. The number of hydrogen-bond donors (Lipinski definition) is 1. The molecule has 1 aromatic heterocycles. The number of nitrogens with zero attached hydrogens (tertiary/aromatic N) is 1. The van der Waals surface area contributed by atoms with Crippen molar-refractivity contribution >= 4 is 17.5 Å². The van der Waals surface area contributed by atoms with Crippen LogP contribution >= 0.6 is 11.6 Å². The summed E-state index contributed by atoms with van der Waals surface area (Å²) in [6, 6.07) is 13.7. The molecule has 0 saturated carbocycles. The first kappa shape index (κ1) is 13.7. The summed E-state index contributed by atoms with van der Waals surface area (Å²) < 4.78 is 5.21. The molecule has 21 heavy (non-hydrogen) atoms. The lowest BCUT2D eigenvalue weighted by Crippen LogP contribution is -1.90. The number of halogens is 1. The average molecular weight is 299 g/mol. The molecule has 0 fully saturated rings. The number of hydrogen-bond acceptors (Lipinski definition) is 3. The third-order valence-electron chi connectivity index (χ3n) is 3.50. The lowest BCUT2D eigenvalue weighted by molar-refractivity contribution is 0.439. The fraction of sp³-hybridized carbons (Fsp3) is 0.118. The molecule has 0 amide bonds. The van der Waals surface area contributed by atoms with Gasteiger partial charge in [-0.25, -0.2) is 0 Å². The predicted molar refractivity (Wildman–Crippen MR) is 86.3 cm³/mol. The van der Waals surface area contributed by atoms with E-state index < -0.39 is 0 Å². The summed E-state index contributed by atoms with van der Waals surface area (Å²) in [5, 5.41) is 4.76. The molecule has 0 radical (unpaired) electrons. The van der Waals surface area contributed by atoms with E-state index >= 15 is 0 Å². The lowest BCUT2D eigenvalue weighted by Gasteiger charge is -2.08. The number of aromatic nitrogens is 1. The topological polar surface area (TPSA) is 52.0 Å². The number of nitrogens with two attached hydrogens (primary N) is 1. The van der Waals surface area contributed by atoms with E-state index in [9.17, 15) is 0 Å². The highest BCUT2D eigenvalue weighted by atomic mass is 35.5. The molecule has 2 N–H and O–H groups in total. The maximum Gasteiger partial charge on any atom is 0.230 e. The molecule has 3 aromatic rings. The molecule has 0 atom stereocenters. The minimum Gasteiger partial charge on any atom is -0.367 e. The van der Waals surface area contributed by atoms with Crippen molar-refractivity contribution in [1.29, 1.82) is 0 Å². The number of aryl methyl sites for hydroxylation is 2. The van der Waals surface area contributed by atoms with Gasteiger partial charge < -0.3 is 10.3 Å². The number of nitrogen functional groups attached to an aromatic ring is 1. The normalized spacial score (nSPS) is 10.8. The van der Waals surface area contributed by atoms with Crippen LogP contribution in [0.2, 0.25) is 5.02 Å². The molecule has 0 aliphatic rings. The van der Waals surface area contributed by atoms with Gasteiger partial charge in [-0.3, -0.25) is 0 Å². The highest BCUT2D eigenvalue weighted by molar-refractivity contribution is 6.33. The number of benzene rings is 2. The van der Waals surface area contributed by atoms with Crippen molar-refractivity contribution in [2.24, 2.45) is 0 Å². The van der Waals surface area contributed by atoms with Gasteiger partial charge in [-0.05, 0) is 25.5 Å². The van der Waals surface area contributed by atoms with Gasteiger partial charge in [0.2, 0.25) is 5.88 Å². The van der Waals surface area contributed by atoms with Gasteiger partial charge in [0.05, 0.1) is 5.56 Å². The molecular formula is C17H15ClN2O. The van der Waals surface area contributed by atoms with Gasteiger partial charge >= 0.3 is 0 Å². The van der Waals surface area contributed by atoms with Gasteiger partial charge in [-0.15, -0.1) is 0 Å². The maximum absolute atomic E-state index is 6.29. The van der Waals surface area contributed by atoms with E-state index in [2.05, 4.69) is 18.1 Å². The second kappa shape index (κ2) is 5.26. The van der Waals surface area contributed by atoms with E-state index in [1.54, 1.807) is 0 Å². The van der Waals surface area contributed by atoms with E-state index in [0.717, 1.165) is 27.9 Å². The number of rotatable bonds is 2. The van der Waals surface area contributed by atoms with Crippen LogP contribution in [0.25, 0.3) is 22.4 Å². The first-order valence-electron chi connectivity index (χ1n) is 6.65. The summed E-state index contributed by atoms with van der Waals surface area (Å²) in [5.41, 5.74) is 11.6. The zero-order valence-corrected chi connectivity index (χ0v) is 12.6. The molecule has 0 aliphatic heterocycles. The molecule has 106 valence electrons. The van der Waals surface area contributed by atoms with E-state index in [1.807, 2.05) is 43.3 Å². The van der Waals surface area contributed by atoms with Crippen LogP contribution in [-0.2, 0) is 0 Å². The Morgan fingerprint density at radius 2 is 1.81 bits per heavy atom. The van der Waals surface area contributed by atoms with E-state index in [1.165, 1.54) is 5.56 Å².